The highest BCUT2D eigenvalue weighted by Gasteiger charge is 2.21. The molecule has 7 nitrogen and oxygen atoms in total. The molecule has 31 heavy (non-hydrogen) atoms. The summed E-state index contributed by atoms with van der Waals surface area (Å²) in [5.41, 5.74) is 1.21. The number of esters is 1. The SMILES string of the molecule is CC(C)(C)OC(=O)NCCCCCC(=O)Oc1cc2oc(=O)c3c(c2cc1Cl)CCC3. The van der Waals surface area contributed by atoms with E-state index in [9.17, 15) is 14.4 Å². The van der Waals surface area contributed by atoms with Crippen LogP contribution in [0.3, 0.4) is 0 Å². The largest absolute Gasteiger partial charge is 0.444 e. The van der Waals surface area contributed by atoms with Crippen LogP contribution in [0.15, 0.2) is 21.3 Å². The number of nitrogens with one attached hydrogen (secondary N) is 1. The summed E-state index contributed by atoms with van der Waals surface area (Å²) < 4.78 is 16.0. The molecule has 0 saturated carbocycles. The summed E-state index contributed by atoms with van der Waals surface area (Å²) in [6.07, 6.45) is 4.30. The quantitative estimate of drug-likeness (QED) is 0.279. The molecule has 0 atom stereocenters. The number of amides is 1. The molecule has 1 aliphatic rings. The van der Waals surface area contributed by atoms with Crippen molar-refractivity contribution in [2.24, 2.45) is 0 Å². The van der Waals surface area contributed by atoms with Gasteiger partial charge in [-0.15, -0.1) is 0 Å². The van der Waals surface area contributed by atoms with E-state index in [1.807, 2.05) is 0 Å². The second-order valence-corrected chi connectivity index (χ2v) is 9.10. The third-order valence-electron chi connectivity index (χ3n) is 4.98. The van der Waals surface area contributed by atoms with Gasteiger partial charge in [-0.3, -0.25) is 4.79 Å². The fourth-order valence-corrected chi connectivity index (χ4v) is 3.81. The van der Waals surface area contributed by atoms with Gasteiger partial charge in [0.2, 0.25) is 0 Å². The Hall–Kier alpha value is -2.54. The predicted octanol–water partition coefficient (Wildman–Crippen LogP) is 4.93. The molecule has 1 aromatic carbocycles. The number of halogens is 1. The summed E-state index contributed by atoms with van der Waals surface area (Å²) >= 11 is 6.32. The molecule has 0 bridgehead atoms. The van der Waals surface area contributed by atoms with Crippen molar-refractivity contribution in [3.05, 3.63) is 38.7 Å². The minimum absolute atomic E-state index is 0.187. The van der Waals surface area contributed by atoms with Crippen molar-refractivity contribution in [2.75, 3.05) is 6.54 Å². The number of unbranched alkanes of at least 4 members (excludes halogenated alkanes) is 2. The van der Waals surface area contributed by atoms with E-state index in [1.54, 1.807) is 26.8 Å². The average molecular weight is 450 g/mol. The Morgan fingerprint density at radius 1 is 1.13 bits per heavy atom. The monoisotopic (exact) mass is 449 g/mol. The van der Waals surface area contributed by atoms with Gasteiger partial charge in [-0.1, -0.05) is 18.0 Å². The molecule has 168 valence electrons. The first-order chi connectivity index (χ1) is 14.6. The highest BCUT2D eigenvalue weighted by Crippen LogP contribution is 2.34. The Labute approximate surface area is 186 Å². The molecule has 0 unspecified atom stereocenters. The van der Waals surface area contributed by atoms with Crippen molar-refractivity contribution in [3.8, 4) is 5.75 Å². The highest BCUT2D eigenvalue weighted by molar-refractivity contribution is 6.33. The molecule has 0 aliphatic heterocycles. The third-order valence-corrected chi connectivity index (χ3v) is 5.27. The molecule has 1 N–H and O–H groups in total. The molecule has 1 amide bonds. The smallest absolute Gasteiger partial charge is 0.407 e. The number of hydrogen-bond donors (Lipinski definition) is 1. The third kappa shape index (κ3) is 6.23. The zero-order valence-corrected chi connectivity index (χ0v) is 18.9. The van der Waals surface area contributed by atoms with E-state index in [-0.39, 0.29) is 17.8 Å². The first kappa shape index (κ1) is 23.1. The lowest BCUT2D eigenvalue weighted by Gasteiger charge is -2.19. The zero-order valence-electron chi connectivity index (χ0n) is 18.1. The maximum atomic E-state index is 12.2. The van der Waals surface area contributed by atoms with Gasteiger partial charge in [0.25, 0.3) is 0 Å². The maximum Gasteiger partial charge on any atom is 0.407 e. The van der Waals surface area contributed by atoms with E-state index in [0.29, 0.717) is 23.6 Å². The molecule has 1 aromatic heterocycles. The van der Waals surface area contributed by atoms with Crippen LogP contribution in [0.5, 0.6) is 5.75 Å². The Bertz CT molecular complexity index is 1040. The van der Waals surface area contributed by atoms with Crippen molar-refractivity contribution in [2.45, 2.75) is 71.3 Å². The lowest BCUT2D eigenvalue weighted by molar-refractivity contribution is -0.134. The Balaban J connectivity index is 1.48. The van der Waals surface area contributed by atoms with Gasteiger partial charge in [0, 0.05) is 30.0 Å². The van der Waals surface area contributed by atoms with Crippen molar-refractivity contribution >= 4 is 34.6 Å². The number of aryl methyl sites for hydroxylation is 1. The molecule has 2 aromatic rings. The average Bonchev–Trinajstić information content (AvgIpc) is 3.15. The van der Waals surface area contributed by atoms with E-state index >= 15 is 0 Å². The van der Waals surface area contributed by atoms with E-state index in [2.05, 4.69) is 5.32 Å². The molecule has 0 saturated heterocycles. The molecular formula is C23H28ClNO6. The first-order valence-corrected chi connectivity index (χ1v) is 11.0. The maximum absolute atomic E-state index is 12.2. The second kappa shape index (κ2) is 9.73. The van der Waals surface area contributed by atoms with E-state index < -0.39 is 17.7 Å². The molecule has 1 aliphatic carbocycles. The van der Waals surface area contributed by atoms with Crippen molar-refractivity contribution in [1.82, 2.24) is 5.32 Å². The highest BCUT2D eigenvalue weighted by atomic mass is 35.5. The number of hydrogen-bond acceptors (Lipinski definition) is 6. The van der Waals surface area contributed by atoms with Crippen LogP contribution >= 0.6 is 11.6 Å². The molecular weight excluding hydrogens is 422 g/mol. The number of carbonyl (C=O) groups is 2. The van der Waals surface area contributed by atoms with Gasteiger partial charge in [0.15, 0.2) is 5.75 Å². The van der Waals surface area contributed by atoms with E-state index in [4.69, 9.17) is 25.5 Å². The van der Waals surface area contributed by atoms with Crippen LogP contribution in [-0.4, -0.2) is 24.2 Å². The molecule has 0 radical (unpaired) electrons. The summed E-state index contributed by atoms with van der Waals surface area (Å²) in [5.74, 6) is -0.225. The number of carbonyl (C=O) groups excluding carboxylic acids is 2. The molecule has 0 fully saturated rings. The van der Waals surface area contributed by atoms with Gasteiger partial charge >= 0.3 is 17.7 Å². The summed E-state index contributed by atoms with van der Waals surface area (Å²) in [5, 5.41) is 3.79. The molecule has 0 spiro atoms. The van der Waals surface area contributed by atoms with Crippen molar-refractivity contribution in [1.29, 1.82) is 0 Å². The Morgan fingerprint density at radius 2 is 1.87 bits per heavy atom. The van der Waals surface area contributed by atoms with Crippen LogP contribution in [0, 0.1) is 0 Å². The first-order valence-electron chi connectivity index (χ1n) is 10.6. The van der Waals surface area contributed by atoms with Gasteiger partial charge < -0.3 is 19.2 Å². The minimum Gasteiger partial charge on any atom is -0.444 e. The summed E-state index contributed by atoms with van der Waals surface area (Å²) in [4.78, 5) is 35.9. The van der Waals surface area contributed by atoms with Crippen LogP contribution < -0.4 is 15.7 Å². The normalized spacial score (nSPS) is 13.2. The number of fused-ring (bicyclic) bond motifs is 3. The Morgan fingerprint density at radius 3 is 2.61 bits per heavy atom. The topological polar surface area (TPSA) is 94.8 Å². The van der Waals surface area contributed by atoms with E-state index in [0.717, 1.165) is 48.6 Å². The molecule has 8 heteroatoms. The minimum atomic E-state index is -0.527. The summed E-state index contributed by atoms with van der Waals surface area (Å²) in [6, 6.07) is 3.22. The fourth-order valence-electron chi connectivity index (χ4n) is 3.61. The van der Waals surface area contributed by atoms with Crippen molar-refractivity contribution in [3.63, 3.8) is 0 Å². The van der Waals surface area contributed by atoms with Crippen LogP contribution in [0.2, 0.25) is 5.02 Å². The van der Waals surface area contributed by atoms with Gasteiger partial charge in [0.1, 0.15) is 11.2 Å². The van der Waals surface area contributed by atoms with Gasteiger partial charge in [-0.25, -0.2) is 9.59 Å². The summed E-state index contributed by atoms with van der Waals surface area (Å²) in [6.45, 7) is 5.89. The number of benzene rings is 1. The van der Waals surface area contributed by atoms with Gasteiger partial charge in [-0.05, 0) is 64.5 Å². The van der Waals surface area contributed by atoms with Crippen LogP contribution in [-0.2, 0) is 22.4 Å². The van der Waals surface area contributed by atoms with Gasteiger partial charge in [-0.2, -0.15) is 0 Å². The number of ether oxygens (including phenoxy) is 2. The number of alkyl carbamates (subject to hydrolysis) is 1. The second-order valence-electron chi connectivity index (χ2n) is 8.69. The van der Waals surface area contributed by atoms with Gasteiger partial charge in [0.05, 0.1) is 5.02 Å². The van der Waals surface area contributed by atoms with Crippen LogP contribution in [0.4, 0.5) is 4.79 Å². The number of rotatable bonds is 7. The van der Waals surface area contributed by atoms with E-state index in [1.165, 1.54) is 6.07 Å². The zero-order chi connectivity index (χ0) is 22.6. The molecule has 3 rings (SSSR count). The summed E-state index contributed by atoms with van der Waals surface area (Å²) in [7, 11) is 0. The molecule has 1 heterocycles. The fraction of sp³-hybridized carbons (Fsp3) is 0.522. The standard InChI is InChI=1S/C23H28ClNO6/c1-23(2,3)31-22(28)25-11-6-4-5-10-20(26)29-19-13-18-16(12-17(19)24)14-8-7-9-15(14)21(27)30-18/h12-13H,4-11H2,1-3H3,(H,25,28). The predicted molar refractivity (Wildman–Crippen MR) is 118 cm³/mol. The van der Waals surface area contributed by atoms with Crippen LogP contribution in [0.25, 0.3) is 11.0 Å². The van der Waals surface area contributed by atoms with Crippen LogP contribution in [0.1, 0.15) is 64.0 Å². The van der Waals surface area contributed by atoms with Crippen molar-refractivity contribution < 1.29 is 23.5 Å². The Kier molecular flexibility index (Phi) is 7.26. The lowest BCUT2D eigenvalue weighted by Crippen LogP contribution is -2.33. The lowest BCUT2D eigenvalue weighted by atomic mass is 10.1.